The molecule has 1 saturated carbocycles. The molecule has 1 aliphatic rings. The van der Waals surface area contributed by atoms with Gasteiger partial charge < -0.3 is 9.64 Å². The molecule has 0 aromatic heterocycles. The average molecular weight is 394 g/mol. The molecule has 1 amide bonds. The van der Waals surface area contributed by atoms with Crippen molar-refractivity contribution in [3.05, 3.63) is 41.3 Å². The fourth-order valence-corrected chi connectivity index (χ4v) is 3.66. The number of rotatable bonds is 8. The highest BCUT2D eigenvalue weighted by molar-refractivity contribution is 7.92. The van der Waals surface area contributed by atoms with Gasteiger partial charge in [0.2, 0.25) is 10.0 Å². The van der Waals surface area contributed by atoms with Crippen LogP contribution in [0.4, 0.5) is 0 Å². The highest BCUT2D eigenvalue weighted by Gasteiger charge is 2.22. The molecule has 0 spiro atoms. The molecule has 0 aliphatic heterocycles. The smallest absolute Gasteiger partial charge is 0.321 e. The molecule has 7 nitrogen and oxygen atoms in total. The standard InChI is InChI=1S/C19H26N2O5S/c1-21(17-10-6-3-7-11-17)18(22)15-26-19(23)14-20-27(24,25)13-12-16-8-4-2-5-9-16/h2,4-5,8-9,12-13,17,20H,3,6-7,10-11,14-15H2,1H3/b13-12+. The van der Waals surface area contributed by atoms with Crippen LogP contribution >= 0.6 is 0 Å². The van der Waals surface area contributed by atoms with Crippen LogP contribution in [0, 0.1) is 0 Å². The first kappa shape index (κ1) is 21.1. The number of benzene rings is 1. The Kier molecular flexibility index (Phi) is 7.99. The van der Waals surface area contributed by atoms with Crippen LogP contribution in [-0.2, 0) is 24.3 Å². The molecule has 0 bridgehead atoms. The second-order valence-electron chi connectivity index (χ2n) is 6.54. The normalized spacial score (nSPS) is 15.6. The molecule has 1 aliphatic carbocycles. The first-order valence-electron chi connectivity index (χ1n) is 9.01. The van der Waals surface area contributed by atoms with Crippen LogP contribution in [-0.4, -0.2) is 51.4 Å². The lowest BCUT2D eigenvalue weighted by Crippen LogP contribution is -2.41. The second kappa shape index (κ2) is 10.2. The van der Waals surface area contributed by atoms with E-state index >= 15 is 0 Å². The molecule has 8 heteroatoms. The molecule has 0 atom stereocenters. The van der Waals surface area contributed by atoms with E-state index in [4.69, 9.17) is 4.74 Å². The van der Waals surface area contributed by atoms with E-state index in [9.17, 15) is 18.0 Å². The third-order valence-electron chi connectivity index (χ3n) is 4.53. The summed E-state index contributed by atoms with van der Waals surface area (Å²) in [6.07, 6.45) is 6.73. The quantitative estimate of drug-likeness (QED) is 0.680. The highest BCUT2D eigenvalue weighted by atomic mass is 32.2. The van der Waals surface area contributed by atoms with Gasteiger partial charge in [-0.3, -0.25) is 9.59 Å². The number of carbonyl (C=O) groups is 2. The van der Waals surface area contributed by atoms with Crippen molar-refractivity contribution >= 4 is 28.0 Å². The van der Waals surface area contributed by atoms with Crippen molar-refractivity contribution in [2.24, 2.45) is 0 Å². The molecule has 2 rings (SSSR count). The third kappa shape index (κ3) is 7.52. The van der Waals surface area contributed by atoms with Gasteiger partial charge in [0.05, 0.1) is 0 Å². The molecular formula is C19H26N2O5S. The minimum Gasteiger partial charge on any atom is -0.455 e. The SMILES string of the molecule is CN(C(=O)COC(=O)CNS(=O)(=O)/C=C/c1ccccc1)C1CCCCC1. The van der Waals surface area contributed by atoms with Gasteiger partial charge >= 0.3 is 5.97 Å². The lowest BCUT2D eigenvalue weighted by Gasteiger charge is -2.31. The van der Waals surface area contributed by atoms with Crippen LogP contribution in [0.15, 0.2) is 35.7 Å². The summed E-state index contributed by atoms with van der Waals surface area (Å²) in [6, 6.07) is 9.11. The van der Waals surface area contributed by atoms with E-state index in [2.05, 4.69) is 4.72 Å². The maximum atomic E-state index is 12.1. The number of carbonyl (C=O) groups excluding carboxylic acids is 2. The Morgan fingerprint density at radius 2 is 1.85 bits per heavy atom. The summed E-state index contributed by atoms with van der Waals surface area (Å²) in [5, 5.41) is 0.984. The van der Waals surface area contributed by atoms with Crippen molar-refractivity contribution < 1.29 is 22.7 Å². The van der Waals surface area contributed by atoms with Crippen molar-refractivity contribution in [3.8, 4) is 0 Å². The summed E-state index contributed by atoms with van der Waals surface area (Å²) >= 11 is 0. The Morgan fingerprint density at radius 1 is 1.19 bits per heavy atom. The zero-order valence-corrected chi connectivity index (χ0v) is 16.3. The number of hydrogen-bond acceptors (Lipinski definition) is 5. The fraction of sp³-hybridized carbons (Fsp3) is 0.474. The van der Waals surface area contributed by atoms with E-state index in [1.807, 2.05) is 6.07 Å². The lowest BCUT2D eigenvalue weighted by molar-refractivity contribution is -0.151. The first-order chi connectivity index (χ1) is 12.9. The highest BCUT2D eigenvalue weighted by Crippen LogP contribution is 2.21. The Morgan fingerprint density at radius 3 is 2.52 bits per heavy atom. The number of nitrogens with one attached hydrogen (secondary N) is 1. The van der Waals surface area contributed by atoms with Crippen molar-refractivity contribution in [1.82, 2.24) is 9.62 Å². The number of hydrogen-bond donors (Lipinski definition) is 1. The molecule has 0 heterocycles. The predicted octanol–water partition coefficient (Wildman–Crippen LogP) is 1.91. The third-order valence-corrected chi connectivity index (χ3v) is 5.57. The van der Waals surface area contributed by atoms with Gasteiger partial charge in [-0.1, -0.05) is 49.6 Å². The zero-order valence-electron chi connectivity index (χ0n) is 15.5. The number of ether oxygens (including phenoxy) is 1. The van der Waals surface area contributed by atoms with Gasteiger partial charge in [0.1, 0.15) is 6.54 Å². The Balaban J connectivity index is 1.73. The summed E-state index contributed by atoms with van der Waals surface area (Å²) in [7, 11) is -2.06. The van der Waals surface area contributed by atoms with E-state index in [1.54, 1.807) is 36.2 Å². The number of esters is 1. The average Bonchev–Trinajstić information content (AvgIpc) is 2.70. The van der Waals surface area contributed by atoms with Gasteiger partial charge in [-0.15, -0.1) is 0 Å². The number of likely N-dealkylation sites (N-methyl/N-ethyl adjacent to an activating group) is 1. The summed E-state index contributed by atoms with van der Waals surface area (Å²) in [6.45, 7) is -0.907. The summed E-state index contributed by atoms with van der Waals surface area (Å²) in [4.78, 5) is 25.5. The Hall–Kier alpha value is -2.19. The molecule has 1 aromatic carbocycles. The largest absolute Gasteiger partial charge is 0.455 e. The predicted molar refractivity (Wildman–Crippen MR) is 103 cm³/mol. The fourth-order valence-electron chi connectivity index (χ4n) is 2.91. The minimum atomic E-state index is -3.77. The topological polar surface area (TPSA) is 92.8 Å². The molecular weight excluding hydrogens is 368 g/mol. The summed E-state index contributed by atoms with van der Waals surface area (Å²) in [5.41, 5.74) is 0.724. The maximum absolute atomic E-state index is 12.1. The van der Waals surface area contributed by atoms with Crippen molar-refractivity contribution in [2.75, 3.05) is 20.2 Å². The Labute approximate surface area is 160 Å². The monoisotopic (exact) mass is 394 g/mol. The maximum Gasteiger partial charge on any atom is 0.321 e. The van der Waals surface area contributed by atoms with E-state index in [1.165, 1.54) is 12.5 Å². The molecule has 0 radical (unpaired) electrons. The van der Waals surface area contributed by atoms with Gasteiger partial charge in [-0.05, 0) is 24.5 Å². The molecule has 1 N–H and O–H groups in total. The molecule has 0 saturated heterocycles. The van der Waals surface area contributed by atoms with Crippen molar-refractivity contribution in [2.45, 2.75) is 38.1 Å². The van der Waals surface area contributed by atoms with Gasteiger partial charge in [0.25, 0.3) is 5.91 Å². The molecule has 1 aromatic rings. The summed E-state index contributed by atoms with van der Waals surface area (Å²) in [5.74, 6) is -1.07. The van der Waals surface area contributed by atoms with Gasteiger partial charge in [-0.2, -0.15) is 0 Å². The first-order valence-corrected chi connectivity index (χ1v) is 10.6. The summed E-state index contributed by atoms with van der Waals surface area (Å²) < 4.78 is 30.8. The molecule has 27 heavy (non-hydrogen) atoms. The van der Waals surface area contributed by atoms with E-state index in [0.717, 1.165) is 36.7 Å². The van der Waals surface area contributed by atoms with Crippen LogP contribution in [0.2, 0.25) is 0 Å². The molecule has 0 unspecified atom stereocenters. The van der Waals surface area contributed by atoms with Crippen LogP contribution in [0.1, 0.15) is 37.7 Å². The van der Waals surface area contributed by atoms with Crippen LogP contribution in [0.25, 0.3) is 6.08 Å². The van der Waals surface area contributed by atoms with Crippen LogP contribution < -0.4 is 4.72 Å². The number of sulfonamides is 1. The second-order valence-corrected chi connectivity index (χ2v) is 8.19. The van der Waals surface area contributed by atoms with Crippen molar-refractivity contribution in [3.63, 3.8) is 0 Å². The number of amides is 1. The minimum absolute atomic E-state index is 0.187. The Bertz CT molecular complexity index is 756. The van der Waals surface area contributed by atoms with Crippen LogP contribution in [0.5, 0.6) is 0 Å². The van der Waals surface area contributed by atoms with Crippen molar-refractivity contribution in [1.29, 1.82) is 0 Å². The number of nitrogens with zero attached hydrogens (tertiary/aromatic N) is 1. The lowest BCUT2D eigenvalue weighted by atomic mass is 9.94. The zero-order chi connectivity index (χ0) is 19.7. The van der Waals surface area contributed by atoms with E-state index < -0.39 is 22.5 Å². The molecule has 1 fully saturated rings. The van der Waals surface area contributed by atoms with E-state index in [0.29, 0.717) is 0 Å². The van der Waals surface area contributed by atoms with E-state index in [-0.39, 0.29) is 18.6 Å². The molecule has 148 valence electrons. The van der Waals surface area contributed by atoms with Gasteiger partial charge in [-0.25, -0.2) is 13.1 Å². The van der Waals surface area contributed by atoms with Gasteiger partial charge in [0.15, 0.2) is 6.61 Å². The van der Waals surface area contributed by atoms with Crippen LogP contribution in [0.3, 0.4) is 0 Å². The van der Waals surface area contributed by atoms with Gasteiger partial charge in [0, 0.05) is 18.5 Å².